The highest BCUT2D eigenvalue weighted by Gasteiger charge is 2.22. The minimum absolute atomic E-state index is 0.0300. The molecule has 5 nitrogen and oxygen atoms in total. The van der Waals surface area contributed by atoms with Crippen molar-refractivity contribution in [3.63, 3.8) is 0 Å². The van der Waals surface area contributed by atoms with E-state index in [1.54, 1.807) is 19.1 Å². The van der Waals surface area contributed by atoms with Crippen molar-refractivity contribution in [1.82, 2.24) is 4.90 Å². The lowest BCUT2D eigenvalue weighted by Crippen LogP contribution is -2.41. The minimum atomic E-state index is -1.01. The number of likely N-dealkylation sites (tertiary alicyclic amines) is 1. The summed E-state index contributed by atoms with van der Waals surface area (Å²) in [6.07, 6.45) is 3.80. The van der Waals surface area contributed by atoms with Gasteiger partial charge in [-0.1, -0.05) is 18.9 Å². The fraction of sp³-hybridized carbons (Fsp3) is 0.500. The number of carbonyl (C=O) groups is 2. The molecule has 0 radical (unpaired) electrons. The first kappa shape index (κ1) is 15.4. The highest BCUT2D eigenvalue weighted by molar-refractivity contribution is 5.88. The van der Waals surface area contributed by atoms with Crippen LogP contribution in [0.1, 0.15) is 43.0 Å². The van der Waals surface area contributed by atoms with E-state index in [1.807, 2.05) is 4.90 Å². The van der Waals surface area contributed by atoms with Crippen LogP contribution < -0.4 is 4.74 Å². The summed E-state index contributed by atoms with van der Waals surface area (Å²) in [7, 11) is 0. The second-order valence-electron chi connectivity index (χ2n) is 5.33. The van der Waals surface area contributed by atoms with E-state index >= 15 is 0 Å². The third-order valence-corrected chi connectivity index (χ3v) is 3.66. The molecule has 2 rings (SSSR count). The van der Waals surface area contributed by atoms with Crippen molar-refractivity contribution in [2.24, 2.45) is 0 Å². The summed E-state index contributed by atoms with van der Waals surface area (Å²) >= 11 is 0. The number of nitrogens with zero attached hydrogens (tertiary/aromatic N) is 1. The van der Waals surface area contributed by atoms with Gasteiger partial charge in [0.15, 0.2) is 6.10 Å². The summed E-state index contributed by atoms with van der Waals surface area (Å²) in [4.78, 5) is 25.1. The Hall–Kier alpha value is -2.04. The van der Waals surface area contributed by atoms with Crippen molar-refractivity contribution < 1.29 is 19.4 Å². The van der Waals surface area contributed by atoms with E-state index in [0.29, 0.717) is 5.75 Å². The minimum Gasteiger partial charge on any atom is -0.481 e. The third-order valence-electron chi connectivity index (χ3n) is 3.66. The largest absolute Gasteiger partial charge is 0.481 e. The van der Waals surface area contributed by atoms with Gasteiger partial charge in [0.2, 0.25) is 0 Å². The van der Waals surface area contributed by atoms with Crippen LogP contribution in [0.3, 0.4) is 0 Å². The molecule has 1 N–H and O–H groups in total. The molecule has 0 saturated carbocycles. The Morgan fingerprint density at radius 2 is 1.86 bits per heavy atom. The molecular weight excluding hydrogens is 270 g/mol. The number of amides is 1. The van der Waals surface area contributed by atoms with Gasteiger partial charge in [-0.05, 0) is 38.0 Å². The molecule has 1 aliphatic rings. The van der Waals surface area contributed by atoms with Crippen LogP contribution in [0.2, 0.25) is 0 Å². The molecule has 1 amide bonds. The molecule has 1 saturated heterocycles. The molecule has 114 valence electrons. The van der Waals surface area contributed by atoms with E-state index in [2.05, 4.69) is 0 Å². The molecule has 1 aromatic carbocycles. The molecule has 1 aliphatic heterocycles. The van der Waals surface area contributed by atoms with Crippen LogP contribution in [0, 0.1) is 0 Å². The van der Waals surface area contributed by atoms with Crippen LogP contribution in [0.25, 0.3) is 0 Å². The molecular formula is C16H21NO4. The quantitative estimate of drug-likeness (QED) is 0.925. The Bertz CT molecular complexity index is 507. The summed E-state index contributed by atoms with van der Waals surface area (Å²) in [5.41, 5.74) is 0.155. The monoisotopic (exact) mass is 291 g/mol. The molecule has 1 fully saturated rings. The number of aromatic carboxylic acids is 1. The zero-order valence-corrected chi connectivity index (χ0v) is 12.2. The Morgan fingerprint density at radius 3 is 2.48 bits per heavy atom. The highest BCUT2D eigenvalue weighted by Crippen LogP contribution is 2.17. The Labute approximate surface area is 124 Å². The Balaban J connectivity index is 1.99. The summed E-state index contributed by atoms with van der Waals surface area (Å²) in [5.74, 6) is -0.629. The number of carbonyl (C=O) groups excluding carboxylic acids is 1. The lowest BCUT2D eigenvalue weighted by Gasteiger charge is -2.24. The second-order valence-corrected chi connectivity index (χ2v) is 5.33. The van der Waals surface area contributed by atoms with Gasteiger partial charge in [0.1, 0.15) is 5.75 Å². The van der Waals surface area contributed by atoms with E-state index in [0.717, 1.165) is 25.9 Å². The number of carboxylic acid groups (broad SMARTS) is 1. The highest BCUT2D eigenvalue weighted by atomic mass is 16.5. The van der Waals surface area contributed by atoms with Crippen LogP contribution in [-0.2, 0) is 4.79 Å². The zero-order valence-electron chi connectivity index (χ0n) is 12.2. The predicted molar refractivity (Wildman–Crippen MR) is 78.5 cm³/mol. The van der Waals surface area contributed by atoms with Gasteiger partial charge in [0.25, 0.3) is 5.91 Å². The Morgan fingerprint density at radius 1 is 1.19 bits per heavy atom. The topological polar surface area (TPSA) is 66.8 Å². The average molecular weight is 291 g/mol. The maximum absolute atomic E-state index is 12.4. The van der Waals surface area contributed by atoms with Crippen LogP contribution in [-0.4, -0.2) is 41.1 Å². The number of hydrogen-bond donors (Lipinski definition) is 1. The van der Waals surface area contributed by atoms with Crippen LogP contribution in [0.5, 0.6) is 5.75 Å². The fourth-order valence-electron chi connectivity index (χ4n) is 2.51. The van der Waals surface area contributed by atoms with Crippen molar-refractivity contribution in [3.05, 3.63) is 29.8 Å². The normalized spacial score (nSPS) is 16.9. The molecule has 21 heavy (non-hydrogen) atoms. The van der Waals surface area contributed by atoms with E-state index in [9.17, 15) is 9.59 Å². The van der Waals surface area contributed by atoms with Crippen molar-refractivity contribution in [3.8, 4) is 5.75 Å². The summed E-state index contributed by atoms with van der Waals surface area (Å²) in [6.45, 7) is 3.27. The van der Waals surface area contributed by atoms with E-state index in [1.165, 1.54) is 25.0 Å². The van der Waals surface area contributed by atoms with Crippen molar-refractivity contribution in [1.29, 1.82) is 0 Å². The lowest BCUT2D eigenvalue weighted by molar-refractivity contribution is -0.137. The van der Waals surface area contributed by atoms with Crippen LogP contribution >= 0.6 is 0 Å². The number of carboxylic acids is 1. The average Bonchev–Trinajstić information content (AvgIpc) is 2.75. The number of hydrogen-bond acceptors (Lipinski definition) is 3. The predicted octanol–water partition coefficient (Wildman–Crippen LogP) is 2.55. The van der Waals surface area contributed by atoms with Gasteiger partial charge < -0.3 is 14.7 Å². The molecule has 0 bridgehead atoms. The fourth-order valence-corrected chi connectivity index (χ4v) is 2.51. The summed E-state index contributed by atoms with van der Waals surface area (Å²) in [6, 6.07) is 6.21. The molecule has 0 aliphatic carbocycles. The standard InChI is InChI=1S/C16H21NO4/c1-12(15(18)17-9-4-2-3-5-10-17)21-14-8-6-7-13(11-14)16(19)20/h6-8,11-12H,2-5,9-10H2,1H3,(H,19,20). The number of benzene rings is 1. The van der Waals surface area contributed by atoms with E-state index < -0.39 is 12.1 Å². The molecule has 1 heterocycles. The van der Waals surface area contributed by atoms with Crippen LogP contribution in [0.4, 0.5) is 0 Å². The summed E-state index contributed by atoms with van der Waals surface area (Å²) in [5, 5.41) is 8.96. The maximum atomic E-state index is 12.4. The molecule has 1 atom stereocenters. The molecule has 0 aromatic heterocycles. The molecule has 1 aromatic rings. The van der Waals surface area contributed by atoms with Crippen molar-refractivity contribution in [2.45, 2.75) is 38.7 Å². The third kappa shape index (κ3) is 4.21. The first-order valence-electron chi connectivity index (χ1n) is 7.37. The first-order valence-corrected chi connectivity index (χ1v) is 7.37. The van der Waals surface area contributed by atoms with Gasteiger partial charge in [-0.2, -0.15) is 0 Å². The van der Waals surface area contributed by atoms with Gasteiger partial charge in [-0.25, -0.2) is 4.79 Å². The first-order chi connectivity index (χ1) is 10.1. The lowest BCUT2D eigenvalue weighted by atomic mass is 10.2. The number of ether oxygens (including phenoxy) is 1. The molecule has 1 unspecified atom stereocenters. The van der Waals surface area contributed by atoms with Gasteiger partial charge >= 0.3 is 5.97 Å². The zero-order chi connectivity index (χ0) is 15.2. The Kier molecular flexibility index (Phi) is 5.20. The van der Waals surface area contributed by atoms with Crippen LogP contribution in [0.15, 0.2) is 24.3 Å². The molecule has 5 heteroatoms. The van der Waals surface area contributed by atoms with Crippen molar-refractivity contribution in [2.75, 3.05) is 13.1 Å². The van der Waals surface area contributed by atoms with Gasteiger partial charge in [-0.15, -0.1) is 0 Å². The van der Waals surface area contributed by atoms with Gasteiger partial charge in [-0.3, -0.25) is 4.79 Å². The van der Waals surface area contributed by atoms with Gasteiger partial charge in [0, 0.05) is 13.1 Å². The second kappa shape index (κ2) is 7.11. The molecule has 0 spiro atoms. The summed E-state index contributed by atoms with van der Waals surface area (Å²) < 4.78 is 5.61. The number of rotatable bonds is 4. The van der Waals surface area contributed by atoms with Gasteiger partial charge in [0.05, 0.1) is 5.56 Å². The van der Waals surface area contributed by atoms with E-state index in [-0.39, 0.29) is 11.5 Å². The SMILES string of the molecule is CC(Oc1cccc(C(=O)O)c1)C(=O)N1CCCCCC1. The maximum Gasteiger partial charge on any atom is 0.335 e. The smallest absolute Gasteiger partial charge is 0.335 e. The van der Waals surface area contributed by atoms with Crippen molar-refractivity contribution >= 4 is 11.9 Å². The van der Waals surface area contributed by atoms with E-state index in [4.69, 9.17) is 9.84 Å².